The molecule has 0 saturated heterocycles. The normalized spacial score (nSPS) is 13.3. The van der Waals surface area contributed by atoms with Gasteiger partial charge in [-0.2, -0.15) is 5.26 Å². The lowest BCUT2D eigenvalue weighted by Crippen LogP contribution is -2.32. The maximum absolute atomic E-state index is 13.4. The molecule has 7 heteroatoms. The van der Waals surface area contributed by atoms with Gasteiger partial charge in [-0.1, -0.05) is 29.8 Å². The Labute approximate surface area is 190 Å². The van der Waals surface area contributed by atoms with Crippen molar-refractivity contribution >= 4 is 40.4 Å². The summed E-state index contributed by atoms with van der Waals surface area (Å²) in [6.07, 6.45) is 0. The largest absolute Gasteiger partial charge is 0.494 e. The Bertz CT molecular complexity index is 1260. The first kappa shape index (κ1) is 21.2. The summed E-state index contributed by atoms with van der Waals surface area (Å²) >= 11 is 6.02. The summed E-state index contributed by atoms with van der Waals surface area (Å²) in [7, 11) is 0. The molecule has 3 aromatic carbocycles. The van der Waals surface area contributed by atoms with E-state index in [0.717, 1.165) is 4.90 Å². The predicted octanol–water partition coefficient (Wildman–Crippen LogP) is 5.01. The van der Waals surface area contributed by atoms with Crippen LogP contribution in [0.4, 0.5) is 11.4 Å². The summed E-state index contributed by atoms with van der Waals surface area (Å²) < 4.78 is 5.54. The number of ether oxygens (including phenoxy) is 1. The molecule has 0 spiro atoms. The maximum atomic E-state index is 13.4. The average Bonchev–Trinajstić information content (AvgIpc) is 3.04. The van der Waals surface area contributed by atoms with Crippen molar-refractivity contribution in [2.45, 2.75) is 6.92 Å². The molecule has 1 N–H and O–H groups in total. The fourth-order valence-corrected chi connectivity index (χ4v) is 3.55. The highest BCUT2D eigenvalue weighted by molar-refractivity contribution is 6.46. The minimum atomic E-state index is -0.494. The van der Waals surface area contributed by atoms with Crippen LogP contribution >= 0.6 is 11.6 Å². The molecule has 2 amide bonds. The molecule has 4 rings (SSSR count). The van der Waals surface area contributed by atoms with E-state index in [1.807, 2.05) is 19.1 Å². The molecule has 6 nitrogen and oxygen atoms in total. The second kappa shape index (κ2) is 8.96. The van der Waals surface area contributed by atoms with Crippen LogP contribution in [0.25, 0.3) is 5.57 Å². The van der Waals surface area contributed by atoms with Crippen LogP contribution in [0.3, 0.4) is 0 Å². The molecule has 0 atom stereocenters. The predicted molar refractivity (Wildman–Crippen MR) is 123 cm³/mol. The van der Waals surface area contributed by atoms with Crippen molar-refractivity contribution in [1.29, 1.82) is 5.26 Å². The molecule has 1 heterocycles. The number of rotatable bonds is 6. The Morgan fingerprint density at radius 1 is 1.00 bits per heavy atom. The van der Waals surface area contributed by atoms with Gasteiger partial charge < -0.3 is 10.1 Å². The zero-order valence-electron chi connectivity index (χ0n) is 17.1. The summed E-state index contributed by atoms with van der Waals surface area (Å²) in [6, 6.07) is 22.2. The van der Waals surface area contributed by atoms with Crippen molar-refractivity contribution < 1.29 is 14.3 Å². The van der Waals surface area contributed by atoms with E-state index in [0.29, 0.717) is 39.9 Å². The second-order valence-electron chi connectivity index (χ2n) is 6.95. The number of benzene rings is 3. The van der Waals surface area contributed by atoms with Crippen LogP contribution in [-0.2, 0) is 9.59 Å². The van der Waals surface area contributed by atoms with Crippen molar-refractivity contribution in [1.82, 2.24) is 0 Å². The van der Waals surface area contributed by atoms with Gasteiger partial charge in [0.25, 0.3) is 11.8 Å². The molecule has 0 unspecified atom stereocenters. The molecule has 3 aromatic rings. The van der Waals surface area contributed by atoms with Gasteiger partial charge >= 0.3 is 0 Å². The zero-order chi connectivity index (χ0) is 22.7. The number of nitrogens with one attached hydrogen (secondary N) is 1. The summed E-state index contributed by atoms with van der Waals surface area (Å²) in [5.74, 6) is -0.316. The third-order valence-electron chi connectivity index (χ3n) is 4.89. The van der Waals surface area contributed by atoms with Crippen molar-refractivity contribution in [2.75, 3.05) is 16.8 Å². The fourth-order valence-electron chi connectivity index (χ4n) is 3.42. The summed E-state index contributed by atoms with van der Waals surface area (Å²) in [5, 5.41) is 12.7. The van der Waals surface area contributed by atoms with E-state index in [4.69, 9.17) is 21.6 Å². The van der Waals surface area contributed by atoms with Crippen LogP contribution in [0, 0.1) is 11.3 Å². The standard InChI is InChI=1S/C25H18ClN3O3/c1-2-32-21-5-3-4-19(14-21)28-23-22(17-8-10-18(26)11-9-17)24(30)29(25(23)31)20-12-6-16(15-27)7-13-20/h3-14,28H,2H2,1H3. The molecule has 0 saturated carbocycles. The van der Waals surface area contributed by atoms with Crippen LogP contribution in [-0.4, -0.2) is 18.4 Å². The number of hydrogen-bond donors (Lipinski definition) is 1. The molecule has 0 radical (unpaired) electrons. The van der Waals surface area contributed by atoms with Gasteiger partial charge in [-0.15, -0.1) is 0 Å². The van der Waals surface area contributed by atoms with Crippen LogP contribution in [0.5, 0.6) is 5.75 Å². The maximum Gasteiger partial charge on any atom is 0.282 e. The van der Waals surface area contributed by atoms with E-state index in [-0.39, 0.29) is 11.3 Å². The van der Waals surface area contributed by atoms with E-state index in [1.54, 1.807) is 66.7 Å². The Morgan fingerprint density at radius 2 is 1.72 bits per heavy atom. The molecule has 0 aromatic heterocycles. The Kier molecular flexibility index (Phi) is 5.93. The van der Waals surface area contributed by atoms with Crippen molar-refractivity contribution in [3.8, 4) is 11.8 Å². The number of carbonyl (C=O) groups is 2. The van der Waals surface area contributed by atoms with Crippen LogP contribution < -0.4 is 15.0 Å². The summed E-state index contributed by atoms with van der Waals surface area (Å²) in [6.45, 7) is 2.39. The molecule has 1 aliphatic heterocycles. The van der Waals surface area contributed by atoms with Crippen LogP contribution in [0.15, 0.2) is 78.5 Å². The first-order valence-corrected chi connectivity index (χ1v) is 10.3. The quantitative estimate of drug-likeness (QED) is 0.541. The highest BCUT2D eigenvalue weighted by Crippen LogP contribution is 2.34. The lowest BCUT2D eigenvalue weighted by atomic mass is 10.0. The monoisotopic (exact) mass is 443 g/mol. The smallest absolute Gasteiger partial charge is 0.282 e. The third-order valence-corrected chi connectivity index (χ3v) is 5.14. The molecule has 158 valence electrons. The minimum absolute atomic E-state index is 0.148. The molecule has 0 fully saturated rings. The molecular formula is C25H18ClN3O3. The number of anilines is 2. The van der Waals surface area contributed by atoms with E-state index in [9.17, 15) is 9.59 Å². The number of nitrogens with zero attached hydrogens (tertiary/aromatic N) is 2. The van der Waals surface area contributed by atoms with Gasteiger partial charge in [-0.05, 0) is 61.0 Å². The topological polar surface area (TPSA) is 82.4 Å². The van der Waals surface area contributed by atoms with Crippen molar-refractivity contribution in [2.24, 2.45) is 0 Å². The Hall–Kier alpha value is -4.08. The van der Waals surface area contributed by atoms with Gasteiger partial charge in [-0.25, -0.2) is 4.90 Å². The SMILES string of the molecule is CCOc1cccc(NC2=C(c3ccc(Cl)cc3)C(=O)N(c3ccc(C#N)cc3)C2=O)c1. The van der Waals surface area contributed by atoms with E-state index >= 15 is 0 Å². The highest BCUT2D eigenvalue weighted by Gasteiger charge is 2.40. The number of amides is 2. The molecule has 0 aliphatic carbocycles. The van der Waals surface area contributed by atoms with Crippen molar-refractivity contribution in [3.05, 3.63) is 94.6 Å². The number of halogens is 1. The van der Waals surface area contributed by atoms with E-state index < -0.39 is 11.8 Å². The molecule has 32 heavy (non-hydrogen) atoms. The number of nitriles is 1. The molecule has 0 bridgehead atoms. The summed E-state index contributed by atoms with van der Waals surface area (Å²) in [5.41, 5.74) is 2.37. The van der Waals surface area contributed by atoms with Gasteiger partial charge in [0, 0.05) is 16.8 Å². The third kappa shape index (κ3) is 4.07. The lowest BCUT2D eigenvalue weighted by molar-refractivity contribution is -0.120. The number of hydrogen-bond acceptors (Lipinski definition) is 5. The minimum Gasteiger partial charge on any atom is -0.494 e. The van der Waals surface area contributed by atoms with Crippen molar-refractivity contribution in [3.63, 3.8) is 0 Å². The Balaban J connectivity index is 1.78. The summed E-state index contributed by atoms with van der Waals surface area (Å²) in [4.78, 5) is 27.9. The average molecular weight is 444 g/mol. The first-order valence-electron chi connectivity index (χ1n) is 9.91. The van der Waals surface area contributed by atoms with Gasteiger partial charge in [0.1, 0.15) is 11.4 Å². The first-order chi connectivity index (χ1) is 15.5. The zero-order valence-corrected chi connectivity index (χ0v) is 17.9. The van der Waals surface area contributed by atoms with Gasteiger partial charge in [0.15, 0.2) is 0 Å². The lowest BCUT2D eigenvalue weighted by Gasteiger charge is -2.15. The number of carbonyl (C=O) groups excluding carboxylic acids is 2. The van der Waals surface area contributed by atoms with Crippen LogP contribution in [0.2, 0.25) is 5.02 Å². The van der Waals surface area contributed by atoms with Gasteiger partial charge in [0.05, 0.1) is 29.5 Å². The van der Waals surface area contributed by atoms with Gasteiger partial charge in [-0.3, -0.25) is 9.59 Å². The van der Waals surface area contributed by atoms with Gasteiger partial charge in [0.2, 0.25) is 0 Å². The van der Waals surface area contributed by atoms with E-state index in [1.165, 1.54) is 0 Å². The van der Waals surface area contributed by atoms with Crippen LogP contribution in [0.1, 0.15) is 18.1 Å². The fraction of sp³-hybridized carbons (Fsp3) is 0.0800. The highest BCUT2D eigenvalue weighted by atomic mass is 35.5. The number of imide groups is 1. The van der Waals surface area contributed by atoms with E-state index in [2.05, 4.69) is 5.32 Å². The molecule has 1 aliphatic rings. The molecular weight excluding hydrogens is 426 g/mol. The Morgan fingerprint density at radius 3 is 2.38 bits per heavy atom. The second-order valence-corrected chi connectivity index (χ2v) is 7.38.